The van der Waals surface area contributed by atoms with Crippen LogP contribution in [0.25, 0.3) is 16.6 Å². The Bertz CT molecular complexity index is 1240. The maximum Gasteiger partial charge on any atom is 0.343 e. The predicted octanol–water partition coefficient (Wildman–Crippen LogP) is 2.06. The molecule has 154 valence electrons. The molecule has 0 radical (unpaired) electrons. The minimum absolute atomic E-state index is 0.0148. The van der Waals surface area contributed by atoms with Crippen LogP contribution in [0, 0.1) is 5.82 Å². The van der Waals surface area contributed by atoms with Crippen molar-refractivity contribution in [3.63, 3.8) is 0 Å². The van der Waals surface area contributed by atoms with E-state index in [0.717, 1.165) is 33.5 Å². The Kier molecular flexibility index (Phi) is 3.38. The molecule has 0 fully saturated rings. The molecule has 4 aliphatic heterocycles. The van der Waals surface area contributed by atoms with Gasteiger partial charge in [0, 0.05) is 42.1 Å². The topological polar surface area (TPSA) is 97.9 Å². The molecule has 0 saturated heterocycles. The molecule has 1 aromatic heterocycles. The maximum atomic E-state index is 14.4. The van der Waals surface area contributed by atoms with Gasteiger partial charge in [0.25, 0.3) is 0 Å². The quantitative estimate of drug-likeness (QED) is 0.550. The standard InChI is InChI=1S/C22H20FN3O4/c1-2-22(28)13-5-16-19-12(8-26(16)7-10(13)9-30-21(22)27)11-3-4-29-20-17(11)15(25-19)6-14(23)18(20)24/h5-6,28H,2-4,7-9,24H2,1H3/t22-/m0/s1. The molecule has 1 aromatic carbocycles. The van der Waals surface area contributed by atoms with Gasteiger partial charge in [0.05, 0.1) is 23.5 Å². The maximum absolute atomic E-state index is 14.4. The lowest BCUT2D eigenvalue weighted by Gasteiger charge is -2.37. The van der Waals surface area contributed by atoms with E-state index in [2.05, 4.69) is 4.90 Å². The van der Waals surface area contributed by atoms with Crippen LogP contribution in [0.3, 0.4) is 0 Å². The number of esters is 1. The highest BCUT2D eigenvalue weighted by molar-refractivity contribution is 5.97. The van der Waals surface area contributed by atoms with Crippen LogP contribution in [0.15, 0.2) is 23.3 Å². The number of fused-ring (bicyclic) bond motifs is 4. The highest BCUT2D eigenvalue weighted by Crippen LogP contribution is 2.47. The third-order valence-electron chi connectivity index (χ3n) is 6.68. The normalized spacial score (nSPS) is 24.2. The van der Waals surface area contributed by atoms with Crippen LogP contribution in [0.5, 0.6) is 5.75 Å². The Morgan fingerprint density at radius 3 is 2.97 bits per heavy atom. The molecule has 0 saturated carbocycles. The van der Waals surface area contributed by atoms with Gasteiger partial charge < -0.3 is 25.2 Å². The first kappa shape index (κ1) is 17.7. The number of rotatable bonds is 1. The number of benzene rings is 1. The number of aliphatic hydroxyl groups is 1. The van der Waals surface area contributed by atoms with Gasteiger partial charge in [-0.15, -0.1) is 0 Å². The molecular formula is C22H20FN3O4. The van der Waals surface area contributed by atoms with E-state index >= 15 is 0 Å². The first-order valence-corrected chi connectivity index (χ1v) is 10.1. The average molecular weight is 409 g/mol. The van der Waals surface area contributed by atoms with E-state index in [-0.39, 0.29) is 18.7 Å². The summed E-state index contributed by atoms with van der Waals surface area (Å²) in [6.45, 7) is 3.55. The van der Waals surface area contributed by atoms with Gasteiger partial charge in [-0.1, -0.05) is 6.92 Å². The summed E-state index contributed by atoms with van der Waals surface area (Å²) in [4.78, 5) is 19.2. The molecule has 8 heteroatoms. The van der Waals surface area contributed by atoms with Crippen LogP contribution in [0.4, 0.5) is 10.1 Å². The molecule has 2 aromatic rings. The van der Waals surface area contributed by atoms with Crippen LogP contribution in [0.2, 0.25) is 0 Å². The number of nitrogens with two attached hydrogens (primary N) is 1. The van der Waals surface area contributed by atoms with E-state index < -0.39 is 17.4 Å². The fraction of sp³-hybridized carbons (Fsp3) is 0.364. The molecular weight excluding hydrogens is 389 g/mol. The first-order chi connectivity index (χ1) is 14.4. The zero-order valence-electron chi connectivity index (χ0n) is 16.4. The molecule has 0 amide bonds. The van der Waals surface area contributed by atoms with Crippen LogP contribution in [-0.2, 0) is 22.5 Å². The Morgan fingerprint density at radius 1 is 1.33 bits per heavy atom. The monoisotopic (exact) mass is 409 g/mol. The highest BCUT2D eigenvalue weighted by Gasteiger charge is 2.47. The van der Waals surface area contributed by atoms with Crippen LogP contribution in [-0.4, -0.2) is 46.3 Å². The lowest BCUT2D eigenvalue weighted by molar-refractivity contribution is -0.163. The van der Waals surface area contributed by atoms with Crippen molar-refractivity contribution in [1.29, 1.82) is 0 Å². The van der Waals surface area contributed by atoms with Crippen molar-refractivity contribution >= 4 is 28.3 Å². The number of nitrogens with zero attached hydrogens (tertiary/aromatic N) is 2. The second-order valence-electron chi connectivity index (χ2n) is 8.20. The number of cyclic esters (lactones) is 1. The summed E-state index contributed by atoms with van der Waals surface area (Å²) in [6.07, 6.45) is 2.77. The third kappa shape index (κ3) is 2.06. The number of pyridine rings is 1. The van der Waals surface area contributed by atoms with Crippen molar-refractivity contribution in [1.82, 2.24) is 9.88 Å². The summed E-state index contributed by atoms with van der Waals surface area (Å²) >= 11 is 0. The number of anilines is 1. The molecule has 0 spiro atoms. The number of aromatic nitrogens is 1. The fourth-order valence-corrected chi connectivity index (χ4v) is 5.09. The predicted molar refractivity (Wildman–Crippen MR) is 107 cm³/mol. The average Bonchev–Trinajstić information content (AvgIpc) is 3.11. The van der Waals surface area contributed by atoms with Crippen LogP contribution < -0.4 is 10.5 Å². The Morgan fingerprint density at radius 2 is 2.17 bits per heavy atom. The first-order valence-electron chi connectivity index (χ1n) is 10.1. The van der Waals surface area contributed by atoms with Crippen LogP contribution in [0.1, 0.15) is 30.2 Å². The Labute approximate surface area is 171 Å². The van der Waals surface area contributed by atoms with E-state index in [1.54, 1.807) is 6.92 Å². The summed E-state index contributed by atoms with van der Waals surface area (Å²) in [5.74, 6) is -0.795. The molecule has 6 rings (SSSR count). The second-order valence-corrected chi connectivity index (χ2v) is 8.20. The summed E-state index contributed by atoms with van der Waals surface area (Å²) in [5.41, 5.74) is 10.0. The fourth-order valence-electron chi connectivity index (χ4n) is 5.09. The number of nitrogen functional groups attached to an aromatic ring is 1. The zero-order chi connectivity index (χ0) is 20.8. The van der Waals surface area contributed by atoms with Gasteiger partial charge in [0.2, 0.25) is 0 Å². The van der Waals surface area contributed by atoms with Crippen molar-refractivity contribution in [3.8, 4) is 5.75 Å². The van der Waals surface area contributed by atoms with Crippen LogP contribution >= 0.6 is 0 Å². The van der Waals surface area contributed by atoms with Crippen molar-refractivity contribution in [2.75, 3.05) is 25.5 Å². The van der Waals surface area contributed by atoms with Gasteiger partial charge in [-0.05, 0) is 23.6 Å². The lowest BCUT2D eigenvalue weighted by atomic mass is 9.83. The van der Waals surface area contributed by atoms with Gasteiger partial charge in [0.1, 0.15) is 12.3 Å². The smallest absolute Gasteiger partial charge is 0.343 e. The largest absolute Gasteiger partial charge is 0.490 e. The van der Waals surface area contributed by atoms with Gasteiger partial charge >= 0.3 is 5.97 Å². The zero-order valence-corrected chi connectivity index (χ0v) is 16.4. The number of ether oxygens (including phenoxy) is 2. The Hall–Kier alpha value is -3.13. The van der Waals surface area contributed by atoms with Gasteiger partial charge in [0.15, 0.2) is 17.2 Å². The molecule has 0 bridgehead atoms. The number of hydrogen-bond acceptors (Lipinski definition) is 7. The second kappa shape index (κ2) is 5.72. The molecule has 1 atom stereocenters. The number of carbonyl (C=O) groups excluding carboxylic acids is 1. The van der Waals surface area contributed by atoms with Gasteiger partial charge in [-0.25, -0.2) is 14.2 Å². The number of halogens is 1. The summed E-state index contributed by atoms with van der Waals surface area (Å²) in [6, 6.07) is 1.35. The summed E-state index contributed by atoms with van der Waals surface area (Å²) in [5, 5.41) is 11.8. The van der Waals surface area contributed by atoms with Crippen molar-refractivity contribution in [2.45, 2.75) is 31.9 Å². The molecule has 30 heavy (non-hydrogen) atoms. The summed E-state index contributed by atoms with van der Waals surface area (Å²) < 4.78 is 25.3. The van der Waals surface area contributed by atoms with E-state index in [1.807, 2.05) is 6.08 Å². The van der Waals surface area contributed by atoms with E-state index in [1.165, 1.54) is 6.07 Å². The minimum Gasteiger partial charge on any atom is -0.490 e. The SMILES string of the molecule is CC[C@@]1(O)C(=O)OCC2=C1C=C1c3nc4cc(F)c(N)c5c4c(c3CN1C2)CCO5. The highest BCUT2D eigenvalue weighted by atomic mass is 19.1. The molecule has 0 unspecified atom stereocenters. The van der Waals surface area contributed by atoms with E-state index in [0.29, 0.717) is 43.0 Å². The van der Waals surface area contributed by atoms with Crippen molar-refractivity contribution in [2.24, 2.45) is 0 Å². The van der Waals surface area contributed by atoms with Gasteiger partial charge in [-0.2, -0.15) is 0 Å². The van der Waals surface area contributed by atoms with Gasteiger partial charge in [-0.3, -0.25) is 0 Å². The van der Waals surface area contributed by atoms with E-state index in [4.69, 9.17) is 20.2 Å². The number of hydrogen-bond donors (Lipinski definition) is 2. The number of carbonyl (C=O) groups is 1. The molecule has 4 aliphatic rings. The van der Waals surface area contributed by atoms with Crippen molar-refractivity contribution in [3.05, 3.63) is 45.9 Å². The molecule has 5 heterocycles. The lowest BCUT2D eigenvalue weighted by Crippen LogP contribution is -2.47. The minimum atomic E-state index is -1.65. The molecule has 7 nitrogen and oxygen atoms in total. The van der Waals surface area contributed by atoms with E-state index in [9.17, 15) is 14.3 Å². The third-order valence-corrected chi connectivity index (χ3v) is 6.68. The summed E-state index contributed by atoms with van der Waals surface area (Å²) in [7, 11) is 0. The molecule has 3 N–H and O–H groups in total. The Balaban J connectivity index is 1.59. The molecule has 0 aliphatic carbocycles. The van der Waals surface area contributed by atoms with Crippen molar-refractivity contribution < 1.29 is 23.8 Å².